The lowest BCUT2D eigenvalue weighted by Gasteiger charge is -2.41. The maximum Gasteiger partial charge on any atom is 0.410 e. The number of nitrogens with one attached hydrogen (secondary N) is 1. The van der Waals surface area contributed by atoms with Crippen molar-refractivity contribution in [1.82, 2.24) is 10.2 Å². The second-order valence-electron chi connectivity index (χ2n) is 11.3. The molecule has 1 aromatic rings. The van der Waals surface area contributed by atoms with Gasteiger partial charge in [-0.15, -0.1) is 0 Å². The van der Waals surface area contributed by atoms with Crippen LogP contribution in [-0.2, 0) is 14.9 Å². The van der Waals surface area contributed by atoms with Gasteiger partial charge in [0.2, 0.25) is 0 Å². The van der Waals surface area contributed by atoms with Crippen molar-refractivity contribution in [2.75, 3.05) is 19.7 Å². The quantitative estimate of drug-likeness (QED) is 0.474. The highest BCUT2D eigenvalue weighted by atomic mass is 79.9. The molecule has 1 unspecified atom stereocenters. The predicted molar refractivity (Wildman–Crippen MR) is 133 cm³/mol. The monoisotopic (exact) mass is 524 g/mol. The third-order valence-electron chi connectivity index (χ3n) is 6.30. The molecule has 1 aliphatic carbocycles. The van der Waals surface area contributed by atoms with Gasteiger partial charge in [0.1, 0.15) is 5.60 Å². The number of halogens is 1. The molecule has 1 aliphatic heterocycles. The Bertz CT molecular complexity index is 855. The summed E-state index contributed by atoms with van der Waals surface area (Å²) in [6.07, 6.45) is 1.90. The van der Waals surface area contributed by atoms with Gasteiger partial charge in [-0.3, -0.25) is 0 Å². The van der Waals surface area contributed by atoms with Crippen molar-refractivity contribution in [1.29, 1.82) is 0 Å². The molecule has 0 radical (unpaired) electrons. The molecule has 32 heavy (non-hydrogen) atoms. The first-order chi connectivity index (χ1) is 14.8. The van der Waals surface area contributed by atoms with Crippen molar-refractivity contribution in [3.05, 3.63) is 33.8 Å². The first-order valence-electron chi connectivity index (χ1n) is 11.5. The van der Waals surface area contributed by atoms with E-state index in [2.05, 4.69) is 53.0 Å². The van der Waals surface area contributed by atoms with Crippen LogP contribution in [0.15, 0.2) is 22.7 Å². The van der Waals surface area contributed by atoms with Gasteiger partial charge in [0.15, 0.2) is 0 Å². The maximum atomic E-state index is 12.5. The molecule has 1 heterocycles. The van der Waals surface area contributed by atoms with Gasteiger partial charge in [-0.25, -0.2) is 9.59 Å². The highest BCUT2D eigenvalue weighted by Gasteiger charge is 2.48. The van der Waals surface area contributed by atoms with E-state index in [9.17, 15) is 9.59 Å². The molecule has 3 rings (SSSR count). The van der Waals surface area contributed by atoms with Crippen LogP contribution in [0.3, 0.4) is 0 Å². The fourth-order valence-corrected chi connectivity index (χ4v) is 6.17. The third-order valence-corrected chi connectivity index (χ3v) is 8.66. The predicted octanol–water partition coefficient (Wildman–Crippen LogP) is 6.23. The van der Waals surface area contributed by atoms with Gasteiger partial charge < -0.3 is 19.7 Å². The van der Waals surface area contributed by atoms with E-state index in [4.69, 9.17) is 9.47 Å². The van der Waals surface area contributed by atoms with Gasteiger partial charge in [0.05, 0.1) is 12.6 Å². The Balaban J connectivity index is 1.69. The Labute approximate surface area is 201 Å². The molecule has 1 aromatic carbocycles. The molecule has 1 N–H and O–H groups in total. The van der Waals surface area contributed by atoms with Gasteiger partial charge in [-0.2, -0.15) is 0 Å². The van der Waals surface area contributed by atoms with Crippen LogP contribution >= 0.6 is 15.9 Å². The van der Waals surface area contributed by atoms with Gasteiger partial charge >= 0.3 is 12.2 Å². The summed E-state index contributed by atoms with van der Waals surface area (Å²) >= 11 is 3.75. The standard InChI is InChI=1S/C24H37BrN2O4Si/c1-23(2,3)31-22(29)27-12-10-24(11-13-27)16-19(17-8-7-9-18(25)20(17)24)26-21(28)30-14-15-32(4,5)6/h7-9,19H,10-16H2,1-6H3,(H,26,28). The Morgan fingerprint density at radius 1 is 1.22 bits per heavy atom. The summed E-state index contributed by atoms with van der Waals surface area (Å²) in [4.78, 5) is 26.9. The molecule has 6 nitrogen and oxygen atoms in total. The number of nitrogens with zero attached hydrogens (tertiary/aromatic N) is 1. The summed E-state index contributed by atoms with van der Waals surface area (Å²) in [6.45, 7) is 14.2. The van der Waals surface area contributed by atoms with E-state index in [0.29, 0.717) is 19.7 Å². The second kappa shape index (κ2) is 9.37. The van der Waals surface area contributed by atoms with E-state index in [1.807, 2.05) is 26.8 Å². The average Bonchev–Trinajstić information content (AvgIpc) is 2.94. The molecular formula is C24H37BrN2O4Si. The van der Waals surface area contributed by atoms with Crippen molar-refractivity contribution in [2.24, 2.45) is 0 Å². The molecular weight excluding hydrogens is 488 g/mol. The highest BCUT2D eigenvalue weighted by Crippen LogP contribution is 2.53. The minimum atomic E-state index is -1.25. The number of likely N-dealkylation sites (tertiary alicyclic amines) is 1. The van der Waals surface area contributed by atoms with Crippen LogP contribution in [0.2, 0.25) is 25.7 Å². The number of carbonyl (C=O) groups is 2. The van der Waals surface area contributed by atoms with Gasteiger partial charge in [-0.05, 0) is 63.3 Å². The number of hydrogen-bond acceptors (Lipinski definition) is 4. The van der Waals surface area contributed by atoms with Gasteiger partial charge in [0, 0.05) is 31.1 Å². The number of piperidine rings is 1. The number of ether oxygens (including phenoxy) is 2. The minimum Gasteiger partial charge on any atom is -0.450 e. The highest BCUT2D eigenvalue weighted by molar-refractivity contribution is 9.10. The summed E-state index contributed by atoms with van der Waals surface area (Å²) in [5, 5.41) is 3.11. The lowest BCUT2D eigenvalue weighted by atomic mass is 9.73. The van der Waals surface area contributed by atoms with E-state index in [1.54, 1.807) is 4.90 Å². The van der Waals surface area contributed by atoms with E-state index in [-0.39, 0.29) is 23.6 Å². The molecule has 2 amide bonds. The molecule has 2 aliphatic rings. The normalized spacial score (nSPS) is 20.1. The summed E-state index contributed by atoms with van der Waals surface area (Å²) in [5.41, 5.74) is 1.83. The van der Waals surface area contributed by atoms with E-state index in [1.165, 1.54) is 5.56 Å². The first kappa shape index (κ1) is 25.1. The Hall–Kier alpha value is -1.54. The minimum absolute atomic E-state index is 0.0792. The number of rotatable bonds is 4. The van der Waals surface area contributed by atoms with Crippen LogP contribution < -0.4 is 5.32 Å². The Kier molecular flexibility index (Phi) is 7.35. The molecule has 1 fully saturated rings. The molecule has 8 heteroatoms. The summed E-state index contributed by atoms with van der Waals surface area (Å²) in [5.74, 6) is 0. The SMILES string of the molecule is CC(C)(C)OC(=O)N1CCC2(CC1)CC(NC(=O)OCC[Si](C)(C)C)c1cccc(Br)c12. The van der Waals surface area contributed by atoms with Crippen LogP contribution in [0.25, 0.3) is 0 Å². The number of fused-ring (bicyclic) bond motifs is 2. The number of carbonyl (C=O) groups excluding carboxylic acids is 2. The first-order valence-corrected chi connectivity index (χ1v) is 16.0. The molecule has 1 atom stereocenters. The van der Waals surface area contributed by atoms with Crippen LogP contribution in [0, 0.1) is 0 Å². The zero-order valence-electron chi connectivity index (χ0n) is 20.2. The molecule has 1 saturated heterocycles. The molecule has 178 valence electrons. The van der Waals surface area contributed by atoms with Crippen molar-refractivity contribution in [2.45, 2.75) is 82.8 Å². The summed E-state index contributed by atoms with van der Waals surface area (Å²) in [6, 6.07) is 7.05. The lowest BCUT2D eigenvalue weighted by Crippen LogP contribution is -2.46. The fourth-order valence-electron chi connectivity index (χ4n) is 4.65. The number of benzene rings is 1. The van der Waals surface area contributed by atoms with E-state index < -0.39 is 13.7 Å². The third kappa shape index (κ3) is 6.07. The molecule has 1 spiro atoms. The Morgan fingerprint density at radius 3 is 2.47 bits per heavy atom. The number of amides is 2. The second-order valence-corrected chi connectivity index (χ2v) is 17.8. The zero-order valence-corrected chi connectivity index (χ0v) is 22.8. The van der Waals surface area contributed by atoms with Crippen molar-refractivity contribution < 1.29 is 19.1 Å². The summed E-state index contributed by atoms with van der Waals surface area (Å²) < 4.78 is 12.1. The molecule has 0 aromatic heterocycles. The number of alkyl carbamates (subject to hydrolysis) is 1. The van der Waals surface area contributed by atoms with Crippen molar-refractivity contribution in [3.8, 4) is 0 Å². The molecule has 0 bridgehead atoms. The fraction of sp³-hybridized carbons (Fsp3) is 0.667. The van der Waals surface area contributed by atoms with Gasteiger partial charge in [0.25, 0.3) is 0 Å². The summed E-state index contributed by atoms with van der Waals surface area (Å²) in [7, 11) is -1.25. The Morgan fingerprint density at radius 2 is 1.88 bits per heavy atom. The van der Waals surface area contributed by atoms with Gasteiger partial charge in [-0.1, -0.05) is 47.7 Å². The zero-order chi connectivity index (χ0) is 23.7. The van der Waals surface area contributed by atoms with Crippen LogP contribution in [-0.4, -0.2) is 50.5 Å². The smallest absolute Gasteiger partial charge is 0.410 e. The van der Waals surface area contributed by atoms with Crippen molar-refractivity contribution >= 4 is 36.2 Å². The van der Waals surface area contributed by atoms with E-state index in [0.717, 1.165) is 35.3 Å². The van der Waals surface area contributed by atoms with Crippen LogP contribution in [0.4, 0.5) is 9.59 Å². The van der Waals surface area contributed by atoms with E-state index >= 15 is 0 Å². The molecule has 0 saturated carbocycles. The van der Waals surface area contributed by atoms with Crippen LogP contribution in [0.1, 0.15) is 57.2 Å². The topological polar surface area (TPSA) is 67.9 Å². The lowest BCUT2D eigenvalue weighted by molar-refractivity contribution is 0.0161. The maximum absolute atomic E-state index is 12.5. The number of hydrogen-bond donors (Lipinski definition) is 1. The average molecular weight is 526 g/mol. The largest absolute Gasteiger partial charge is 0.450 e. The van der Waals surface area contributed by atoms with Crippen molar-refractivity contribution in [3.63, 3.8) is 0 Å². The van der Waals surface area contributed by atoms with Crippen LogP contribution in [0.5, 0.6) is 0 Å².